The van der Waals surface area contributed by atoms with Crippen LogP contribution in [0.1, 0.15) is 32.3 Å². The first-order valence-corrected chi connectivity index (χ1v) is 12.5. The Labute approximate surface area is 205 Å². The summed E-state index contributed by atoms with van der Waals surface area (Å²) in [5.41, 5.74) is 2.57. The van der Waals surface area contributed by atoms with Gasteiger partial charge < -0.3 is 9.64 Å². The molecule has 0 unspecified atom stereocenters. The zero-order valence-corrected chi connectivity index (χ0v) is 20.4. The lowest BCUT2D eigenvalue weighted by Crippen LogP contribution is -2.65. The first-order valence-electron chi connectivity index (χ1n) is 12.5. The Balaban J connectivity index is 1.01. The first-order chi connectivity index (χ1) is 17.0. The van der Waals surface area contributed by atoms with Crippen LogP contribution in [0.25, 0.3) is 10.9 Å². The van der Waals surface area contributed by atoms with Gasteiger partial charge in [0.15, 0.2) is 0 Å². The van der Waals surface area contributed by atoms with E-state index in [-0.39, 0.29) is 24.3 Å². The van der Waals surface area contributed by atoms with E-state index in [4.69, 9.17) is 9.72 Å². The van der Waals surface area contributed by atoms with Crippen LogP contribution >= 0.6 is 0 Å². The highest BCUT2D eigenvalue weighted by Crippen LogP contribution is 2.50. The van der Waals surface area contributed by atoms with E-state index >= 15 is 0 Å². The zero-order valence-electron chi connectivity index (χ0n) is 20.4. The molecule has 35 heavy (non-hydrogen) atoms. The fourth-order valence-corrected chi connectivity index (χ4v) is 6.17. The van der Waals surface area contributed by atoms with Crippen molar-refractivity contribution in [2.75, 3.05) is 31.1 Å². The van der Waals surface area contributed by atoms with E-state index in [1.54, 1.807) is 0 Å². The molecular formula is C27H32N6O2. The predicted octanol–water partition coefficient (Wildman–Crippen LogP) is 3.73. The van der Waals surface area contributed by atoms with E-state index in [1.165, 1.54) is 5.56 Å². The summed E-state index contributed by atoms with van der Waals surface area (Å²) in [7, 11) is 0. The molecule has 2 aromatic heterocycles. The highest BCUT2D eigenvalue weighted by molar-refractivity contribution is 5.78. The van der Waals surface area contributed by atoms with Crippen LogP contribution in [0.5, 0.6) is 0 Å². The molecule has 0 N–H and O–H groups in total. The molecule has 2 saturated heterocycles. The molecule has 1 saturated carbocycles. The van der Waals surface area contributed by atoms with Crippen molar-refractivity contribution in [3.05, 3.63) is 60.6 Å². The van der Waals surface area contributed by atoms with Crippen LogP contribution in [0, 0.1) is 5.41 Å². The summed E-state index contributed by atoms with van der Waals surface area (Å²) in [6.07, 6.45) is 7.36. The van der Waals surface area contributed by atoms with Gasteiger partial charge in [0.25, 0.3) is 0 Å². The summed E-state index contributed by atoms with van der Waals surface area (Å²) in [6, 6.07) is 12.2. The van der Waals surface area contributed by atoms with Crippen molar-refractivity contribution in [1.82, 2.24) is 24.8 Å². The molecule has 2 atom stereocenters. The predicted molar refractivity (Wildman–Crippen MR) is 134 cm³/mol. The van der Waals surface area contributed by atoms with Gasteiger partial charge in [0, 0.05) is 62.1 Å². The Hall–Kier alpha value is -3.26. The van der Waals surface area contributed by atoms with Crippen LogP contribution in [-0.2, 0) is 11.3 Å². The van der Waals surface area contributed by atoms with Crippen molar-refractivity contribution < 1.29 is 9.53 Å². The topological polar surface area (TPSA) is 74.7 Å². The number of likely N-dealkylation sites (tertiary alicyclic amines) is 1. The van der Waals surface area contributed by atoms with Crippen molar-refractivity contribution in [2.45, 2.75) is 51.4 Å². The second-order valence-corrected chi connectivity index (χ2v) is 10.7. The number of hydrogen-bond acceptors (Lipinski definition) is 7. The van der Waals surface area contributed by atoms with Crippen molar-refractivity contribution in [2.24, 2.45) is 5.41 Å². The summed E-state index contributed by atoms with van der Waals surface area (Å²) >= 11 is 0. The lowest BCUT2D eigenvalue weighted by Gasteiger charge is -2.58. The second kappa shape index (κ2) is 8.75. The molecule has 8 heteroatoms. The maximum atomic E-state index is 13.1. The van der Waals surface area contributed by atoms with Gasteiger partial charge in [0.2, 0.25) is 5.95 Å². The molecule has 4 heterocycles. The van der Waals surface area contributed by atoms with Gasteiger partial charge in [0.05, 0.1) is 17.6 Å². The van der Waals surface area contributed by atoms with E-state index < -0.39 is 0 Å². The number of hydrogen-bond donors (Lipinski definition) is 0. The first kappa shape index (κ1) is 22.2. The lowest BCUT2D eigenvalue weighted by molar-refractivity contribution is -0.137. The third kappa shape index (κ3) is 4.31. The Bertz CT molecular complexity index is 1190. The fraction of sp³-hybridized carbons (Fsp3) is 0.481. The van der Waals surface area contributed by atoms with Gasteiger partial charge in [0.1, 0.15) is 6.10 Å². The molecule has 0 bridgehead atoms. The number of amides is 1. The van der Waals surface area contributed by atoms with Crippen LogP contribution in [0.3, 0.4) is 0 Å². The molecule has 0 radical (unpaired) electrons. The quantitative estimate of drug-likeness (QED) is 0.573. The van der Waals surface area contributed by atoms with Crippen LogP contribution in [0.4, 0.5) is 10.7 Å². The summed E-state index contributed by atoms with van der Waals surface area (Å²) in [5, 5.41) is 1.03. The number of fused-ring (bicyclic) bond motifs is 1. The van der Waals surface area contributed by atoms with Crippen molar-refractivity contribution in [3.8, 4) is 0 Å². The van der Waals surface area contributed by atoms with Crippen molar-refractivity contribution in [1.29, 1.82) is 0 Å². The average Bonchev–Trinajstić information content (AvgIpc) is 2.81. The van der Waals surface area contributed by atoms with Gasteiger partial charge in [-0.2, -0.15) is 0 Å². The normalized spacial score (nSPS) is 24.3. The number of anilines is 1. The minimum atomic E-state index is -0.183. The summed E-state index contributed by atoms with van der Waals surface area (Å²) in [4.78, 5) is 33.1. The smallest absolute Gasteiger partial charge is 0.410 e. The summed E-state index contributed by atoms with van der Waals surface area (Å²) < 4.78 is 5.96. The maximum Gasteiger partial charge on any atom is 0.410 e. The van der Waals surface area contributed by atoms with Gasteiger partial charge in [-0.15, -0.1) is 0 Å². The van der Waals surface area contributed by atoms with Crippen LogP contribution in [-0.4, -0.2) is 75.2 Å². The van der Waals surface area contributed by atoms with E-state index in [0.29, 0.717) is 18.5 Å². The van der Waals surface area contributed by atoms with Gasteiger partial charge in [-0.3, -0.25) is 14.8 Å². The molecule has 3 aromatic rings. The Morgan fingerprint density at radius 1 is 1.06 bits per heavy atom. The summed E-state index contributed by atoms with van der Waals surface area (Å²) in [6.45, 7) is 8.68. The molecule has 1 aromatic carbocycles. The number of carbonyl (C=O) groups is 1. The largest absolute Gasteiger partial charge is 0.446 e. The number of rotatable bonds is 4. The third-order valence-electron chi connectivity index (χ3n) is 7.75. The highest BCUT2D eigenvalue weighted by Gasteiger charge is 2.54. The van der Waals surface area contributed by atoms with E-state index in [2.05, 4.69) is 45.7 Å². The highest BCUT2D eigenvalue weighted by atomic mass is 16.6. The number of pyridine rings is 1. The SMILES string of the molecule is C[C@@H]1CN(c2ncc3ccccc3n2)C[C@H](C)N1C(=O)OC1CC2(C1)CN(Cc1ccncc1)C2. The van der Waals surface area contributed by atoms with E-state index in [0.717, 1.165) is 49.3 Å². The molecular weight excluding hydrogens is 440 g/mol. The lowest BCUT2D eigenvalue weighted by atomic mass is 9.61. The average molecular weight is 473 g/mol. The van der Waals surface area contributed by atoms with Crippen LogP contribution in [0.2, 0.25) is 0 Å². The minimum absolute atomic E-state index is 0.0231. The molecule has 8 nitrogen and oxygen atoms in total. The Morgan fingerprint density at radius 2 is 1.77 bits per heavy atom. The maximum absolute atomic E-state index is 13.1. The number of aromatic nitrogens is 3. The molecule has 6 rings (SSSR count). The number of ether oxygens (including phenoxy) is 1. The number of piperazine rings is 1. The molecule has 3 fully saturated rings. The van der Waals surface area contributed by atoms with Crippen molar-refractivity contribution >= 4 is 22.9 Å². The van der Waals surface area contributed by atoms with Crippen molar-refractivity contribution in [3.63, 3.8) is 0 Å². The molecule has 3 aliphatic rings. The van der Waals surface area contributed by atoms with Crippen LogP contribution < -0.4 is 4.90 Å². The molecule has 1 amide bonds. The molecule has 182 valence electrons. The monoisotopic (exact) mass is 472 g/mol. The molecule has 1 aliphatic carbocycles. The standard InChI is InChI=1S/C27H32N6O2/c1-19-14-32(25-29-13-22-5-3-4-6-24(22)30-25)15-20(2)33(19)26(34)35-23-11-27(12-23)17-31(18-27)16-21-7-9-28-10-8-21/h3-10,13,19-20,23H,11-12,14-18H2,1-2H3/t19-,20+. The zero-order chi connectivity index (χ0) is 24.0. The Morgan fingerprint density at radius 3 is 2.51 bits per heavy atom. The number of benzene rings is 1. The summed E-state index contributed by atoms with van der Waals surface area (Å²) in [5.74, 6) is 0.720. The third-order valence-corrected chi connectivity index (χ3v) is 7.75. The number of nitrogens with zero attached hydrogens (tertiary/aromatic N) is 6. The molecule has 2 aliphatic heterocycles. The van der Waals surface area contributed by atoms with Gasteiger partial charge in [-0.05, 0) is 50.5 Å². The second-order valence-electron chi connectivity index (χ2n) is 10.7. The van der Waals surface area contributed by atoms with Gasteiger partial charge in [-0.1, -0.05) is 18.2 Å². The number of para-hydroxylation sites is 1. The molecule has 1 spiro atoms. The Kier molecular flexibility index (Phi) is 5.56. The van der Waals surface area contributed by atoms with Crippen LogP contribution in [0.15, 0.2) is 55.0 Å². The van der Waals surface area contributed by atoms with E-state index in [1.807, 2.05) is 47.8 Å². The van der Waals surface area contributed by atoms with E-state index in [9.17, 15) is 4.79 Å². The fourth-order valence-electron chi connectivity index (χ4n) is 6.17. The number of carbonyl (C=O) groups excluding carboxylic acids is 1. The van der Waals surface area contributed by atoms with Gasteiger partial charge in [-0.25, -0.2) is 14.8 Å². The van der Waals surface area contributed by atoms with Gasteiger partial charge >= 0.3 is 6.09 Å². The minimum Gasteiger partial charge on any atom is -0.446 e.